The molecule has 0 aliphatic heterocycles. The predicted molar refractivity (Wildman–Crippen MR) is 83.6 cm³/mol. The van der Waals surface area contributed by atoms with Gasteiger partial charge in [-0.3, -0.25) is 4.79 Å². The Balaban J connectivity index is 2.68. The van der Waals surface area contributed by atoms with Crippen LogP contribution in [0.4, 0.5) is 0 Å². The van der Waals surface area contributed by atoms with E-state index in [1.54, 1.807) is 7.11 Å². The molecule has 5 heteroatoms. The number of hydrogen-bond donors (Lipinski definition) is 2. The van der Waals surface area contributed by atoms with Gasteiger partial charge in [-0.1, -0.05) is 13.0 Å². The highest BCUT2D eigenvalue weighted by molar-refractivity contribution is 5.84. The van der Waals surface area contributed by atoms with Gasteiger partial charge >= 0.3 is 0 Å². The molecule has 0 aliphatic carbocycles. The van der Waals surface area contributed by atoms with Gasteiger partial charge in [-0.15, -0.1) is 0 Å². The minimum Gasteiger partial charge on any atom is -0.497 e. The lowest BCUT2D eigenvalue weighted by atomic mass is 9.93. The number of nitrogens with two attached hydrogens (primary N) is 1. The van der Waals surface area contributed by atoms with Crippen molar-refractivity contribution in [3.63, 3.8) is 0 Å². The summed E-state index contributed by atoms with van der Waals surface area (Å²) in [5.41, 5.74) is 4.75. The second-order valence-corrected chi connectivity index (χ2v) is 5.43. The number of methoxy groups -OCH3 is 1. The molecule has 0 radical (unpaired) electrons. The Bertz CT molecular complexity index is 465. The Morgan fingerprint density at radius 2 is 2.10 bits per heavy atom. The highest BCUT2D eigenvalue weighted by Gasteiger charge is 2.32. The van der Waals surface area contributed by atoms with Crippen LogP contribution >= 0.6 is 0 Å². The van der Waals surface area contributed by atoms with Crippen LogP contribution in [0.15, 0.2) is 24.3 Å². The first-order chi connectivity index (χ1) is 9.91. The van der Waals surface area contributed by atoms with Crippen molar-refractivity contribution in [3.8, 4) is 11.5 Å². The van der Waals surface area contributed by atoms with Crippen molar-refractivity contribution in [1.29, 1.82) is 0 Å². The standard InChI is InChI=1S/C16H26N2O3/c1-5-9-18-16(3,15(17)19)11-12(2)21-14-8-6-7-13(10-14)20-4/h6-8,10,12,18H,5,9,11H2,1-4H3,(H2,17,19). The first-order valence-corrected chi connectivity index (χ1v) is 7.27. The molecule has 21 heavy (non-hydrogen) atoms. The SMILES string of the molecule is CCCNC(C)(CC(C)Oc1cccc(OC)c1)C(N)=O. The third kappa shape index (κ3) is 5.27. The first kappa shape index (κ1) is 17.3. The van der Waals surface area contributed by atoms with Crippen molar-refractivity contribution in [2.75, 3.05) is 13.7 Å². The number of primary amides is 1. The van der Waals surface area contributed by atoms with E-state index in [2.05, 4.69) is 5.32 Å². The molecule has 0 aliphatic rings. The van der Waals surface area contributed by atoms with Crippen molar-refractivity contribution < 1.29 is 14.3 Å². The van der Waals surface area contributed by atoms with E-state index in [-0.39, 0.29) is 12.0 Å². The zero-order chi connectivity index (χ0) is 15.9. The van der Waals surface area contributed by atoms with Crippen LogP contribution in [0.1, 0.15) is 33.6 Å². The van der Waals surface area contributed by atoms with Crippen molar-refractivity contribution in [1.82, 2.24) is 5.32 Å². The van der Waals surface area contributed by atoms with Crippen LogP contribution in [-0.4, -0.2) is 31.2 Å². The lowest BCUT2D eigenvalue weighted by Gasteiger charge is -2.30. The van der Waals surface area contributed by atoms with Crippen LogP contribution in [0.25, 0.3) is 0 Å². The van der Waals surface area contributed by atoms with Gasteiger partial charge in [-0.25, -0.2) is 0 Å². The van der Waals surface area contributed by atoms with Crippen LogP contribution in [0.2, 0.25) is 0 Å². The van der Waals surface area contributed by atoms with E-state index in [1.165, 1.54) is 0 Å². The predicted octanol–water partition coefficient (Wildman–Crippen LogP) is 2.10. The molecule has 2 unspecified atom stereocenters. The maximum Gasteiger partial charge on any atom is 0.237 e. The van der Waals surface area contributed by atoms with E-state index in [9.17, 15) is 4.79 Å². The van der Waals surface area contributed by atoms with E-state index in [0.717, 1.165) is 18.7 Å². The molecule has 0 aromatic heterocycles. The summed E-state index contributed by atoms with van der Waals surface area (Å²) in [6.45, 7) is 6.53. The van der Waals surface area contributed by atoms with Crippen molar-refractivity contribution in [2.24, 2.45) is 5.73 Å². The summed E-state index contributed by atoms with van der Waals surface area (Å²) in [7, 11) is 1.61. The first-order valence-electron chi connectivity index (χ1n) is 7.27. The summed E-state index contributed by atoms with van der Waals surface area (Å²) in [4.78, 5) is 11.7. The highest BCUT2D eigenvalue weighted by atomic mass is 16.5. The van der Waals surface area contributed by atoms with E-state index in [4.69, 9.17) is 15.2 Å². The molecule has 1 amide bonds. The van der Waals surface area contributed by atoms with Gasteiger partial charge in [-0.2, -0.15) is 0 Å². The molecule has 3 N–H and O–H groups in total. The summed E-state index contributed by atoms with van der Waals surface area (Å²) >= 11 is 0. The second kappa shape index (κ2) is 7.88. The second-order valence-electron chi connectivity index (χ2n) is 5.43. The van der Waals surface area contributed by atoms with Crippen molar-refractivity contribution in [2.45, 2.75) is 45.3 Å². The molecular formula is C16H26N2O3. The van der Waals surface area contributed by atoms with Gasteiger partial charge in [0, 0.05) is 12.5 Å². The summed E-state index contributed by atoms with van der Waals surface area (Å²) in [6.07, 6.45) is 1.28. The van der Waals surface area contributed by atoms with Gasteiger partial charge < -0.3 is 20.5 Å². The molecule has 0 fully saturated rings. The molecule has 1 aromatic rings. The van der Waals surface area contributed by atoms with Gasteiger partial charge in [0.25, 0.3) is 0 Å². The molecule has 0 saturated heterocycles. The summed E-state index contributed by atoms with van der Waals surface area (Å²) in [6, 6.07) is 7.40. The molecule has 0 spiro atoms. The number of carbonyl (C=O) groups excluding carboxylic acids is 1. The number of hydrogen-bond acceptors (Lipinski definition) is 4. The average molecular weight is 294 g/mol. The number of benzene rings is 1. The lowest BCUT2D eigenvalue weighted by molar-refractivity contribution is -0.124. The fourth-order valence-corrected chi connectivity index (χ4v) is 2.18. The van der Waals surface area contributed by atoms with Crippen LogP contribution in [0.5, 0.6) is 11.5 Å². The minimum atomic E-state index is -0.770. The largest absolute Gasteiger partial charge is 0.497 e. The number of carbonyl (C=O) groups is 1. The zero-order valence-electron chi connectivity index (χ0n) is 13.3. The number of rotatable bonds is 9. The maximum atomic E-state index is 11.7. The molecule has 1 aromatic carbocycles. The van der Waals surface area contributed by atoms with E-state index in [1.807, 2.05) is 45.0 Å². The maximum absolute atomic E-state index is 11.7. The van der Waals surface area contributed by atoms with E-state index < -0.39 is 5.54 Å². The van der Waals surface area contributed by atoms with Gasteiger partial charge in [0.15, 0.2) is 0 Å². The Hall–Kier alpha value is -1.75. The molecule has 118 valence electrons. The molecule has 1 rings (SSSR count). The lowest BCUT2D eigenvalue weighted by Crippen LogP contribution is -2.55. The van der Waals surface area contributed by atoms with Gasteiger partial charge in [0.2, 0.25) is 5.91 Å². The third-order valence-electron chi connectivity index (χ3n) is 3.38. The van der Waals surface area contributed by atoms with Gasteiger partial charge in [0.1, 0.15) is 11.5 Å². The van der Waals surface area contributed by atoms with Crippen LogP contribution < -0.4 is 20.5 Å². The fourth-order valence-electron chi connectivity index (χ4n) is 2.18. The highest BCUT2D eigenvalue weighted by Crippen LogP contribution is 2.22. The smallest absolute Gasteiger partial charge is 0.237 e. The summed E-state index contributed by atoms with van der Waals surface area (Å²) in [5, 5.41) is 3.21. The molecule has 0 saturated carbocycles. The topological polar surface area (TPSA) is 73.6 Å². The Kier molecular flexibility index (Phi) is 6.49. The molecule has 0 heterocycles. The molecule has 2 atom stereocenters. The van der Waals surface area contributed by atoms with E-state index in [0.29, 0.717) is 12.2 Å². The van der Waals surface area contributed by atoms with Gasteiger partial charge in [-0.05, 0) is 38.9 Å². The Morgan fingerprint density at radius 3 is 2.67 bits per heavy atom. The van der Waals surface area contributed by atoms with Crippen LogP contribution in [0, 0.1) is 0 Å². The number of nitrogens with one attached hydrogen (secondary N) is 1. The molecule has 5 nitrogen and oxygen atoms in total. The zero-order valence-corrected chi connectivity index (χ0v) is 13.3. The Labute approximate surface area is 126 Å². The average Bonchev–Trinajstić information content (AvgIpc) is 2.45. The molecule has 0 bridgehead atoms. The van der Waals surface area contributed by atoms with Crippen LogP contribution in [0.3, 0.4) is 0 Å². The van der Waals surface area contributed by atoms with Gasteiger partial charge in [0.05, 0.1) is 18.8 Å². The minimum absolute atomic E-state index is 0.154. The summed E-state index contributed by atoms with van der Waals surface area (Å²) in [5.74, 6) is 1.09. The van der Waals surface area contributed by atoms with Crippen molar-refractivity contribution in [3.05, 3.63) is 24.3 Å². The van der Waals surface area contributed by atoms with E-state index >= 15 is 0 Å². The molecular weight excluding hydrogens is 268 g/mol. The number of ether oxygens (including phenoxy) is 2. The monoisotopic (exact) mass is 294 g/mol. The normalized spacial score (nSPS) is 15.0. The van der Waals surface area contributed by atoms with Crippen molar-refractivity contribution >= 4 is 5.91 Å². The Morgan fingerprint density at radius 1 is 1.43 bits per heavy atom. The number of amides is 1. The third-order valence-corrected chi connectivity index (χ3v) is 3.38. The quantitative estimate of drug-likeness (QED) is 0.731. The fraction of sp³-hybridized carbons (Fsp3) is 0.562. The van der Waals surface area contributed by atoms with Crippen LogP contribution in [-0.2, 0) is 4.79 Å². The summed E-state index contributed by atoms with van der Waals surface area (Å²) < 4.78 is 11.0.